The predicted octanol–water partition coefficient (Wildman–Crippen LogP) is 17.7. The molecule has 18 rings (SSSR count). The number of aryl methyl sites for hydroxylation is 1. The van der Waals surface area contributed by atoms with E-state index in [1.54, 1.807) is 103 Å². The third kappa shape index (κ3) is 19.7. The molecule has 17 aromatic rings. The molecule has 29 nitrogen and oxygen atoms in total. The first-order valence-corrected chi connectivity index (χ1v) is 40.7. The van der Waals surface area contributed by atoms with Gasteiger partial charge in [-0.25, -0.2) is 32.7 Å². The zero-order valence-electron chi connectivity index (χ0n) is 67.9. The third-order valence-electron chi connectivity index (χ3n) is 21.2. The van der Waals surface area contributed by atoms with Crippen LogP contribution in [0.15, 0.2) is 298 Å². The second kappa shape index (κ2) is 38.9. The number of benzene rings is 9. The number of tetrazole rings is 3. The van der Waals surface area contributed by atoms with Crippen molar-refractivity contribution in [3.8, 4) is 73.0 Å². The number of imidazole rings is 2. The highest BCUT2D eigenvalue weighted by Gasteiger charge is 2.33. The fourth-order valence-electron chi connectivity index (χ4n) is 14.8. The number of methoxy groups -OCH3 is 2. The molecule has 8 aromatic heterocycles. The summed E-state index contributed by atoms with van der Waals surface area (Å²) in [5.41, 5.74) is 16.0. The summed E-state index contributed by atoms with van der Waals surface area (Å²) in [6.45, 7) is 2.05. The minimum atomic E-state index is -0.697. The van der Waals surface area contributed by atoms with Gasteiger partial charge in [0.15, 0.2) is 30.2 Å². The zero-order chi connectivity index (χ0) is 88.9. The van der Waals surface area contributed by atoms with E-state index < -0.39 is 35.7 Å². The Morgan fingerprint density at radius 1 is 0.469 bits per heavy atom. The molecule has 4 N–H and O–H groups in total. The molecule has 638 valence electrons. The summed E-state index contributed by atoms with van der Waals surface area (Å²) < 4.78 is 60.2. The topological polar surface area (TPSA) is 358 Å². The molecule has 2 amide bonds. The Bertz CT molecular complexity index is 6580. The van der Waals surface area contributed by atoms with Crippen molar-refractivity contribution in [2.24, 2.45) is 4.99 Å². The summed E-state index contributed by atoms with van der Waals surface area (Å²) in [5.74, 6) is -1.81. The largest absolute Gasteiger partial charge is 0.618 e. The van der Waals surface area contributed by atoms with Crippen LogP contribution in [0.5, 0.6) is 0 Å². The number of allylic oxidation sites excluding steroid dienone is 1. The summed E-state index contributed by atoms with van der Waals surface area (Å²) in [5, 5.41) is 80.2. The molecule has 9 heterocycles. The Hall–Kier alpha value is -15.9. The van der Waals surface area contributed by atoms with Crippen LogP contribution in [0.3, 0.4) is 0 Å². The van der Waals surface area contributed by atoms with Crippen molar-refractivity contribution in [2.45, 2.75) is 50.4 Å². The molecule has 0 radical (unpaired) electrons. The molecule has 3 atom stereocenters. The van der Waals surface area contributed by atoms with Gasteiger partial charge in [0, 0.05) is 57.9 Å². The highest BCUT2D eigenvalue weighted by Crippen LogP contribution is 2.40. The monoisotopic (exact) mass is 1770 g/mol. The van der Waals surface area contributed by atoms with Crippen LogP contribution in [0.1, 0.15) is 80.7 Å². The number of nitrogens with zero attached hydrogens (tertiary/aromatic N) is 18. The van der Waals surface area contributed by atoms with Gasteiger partial charge in [-0.1, -0.05) is 168 Å². The second-order valence-corrected chi connectivity index (χ2v) is 30.6. The van der Waals surface area contributed by atoms with Crippen molar-refractivity contribution in [1.82, 2.24) is 80.6 Å². The zero-order valence-corrected chi connectivity index (χ0v) is 70.2. The molecule has 1 unspecified atom stereocenters. The number of halogens is 6. The first-order valence-electron chi connectivity index (χ1n) is 39.6. The first kappa shape index (κ1) is 85.6. The van der Waals surface area contributed by atoms with Crippen LogP contribution in [0.4, 0.5) is 34.1 Å². The Balaban J connectivity index is 0.000000141. The molecule has 128 heavy (non-hydrogen) atoms. The number of carbonyl (C=O) groups excluding carboxylic acids is 2. The molecular weight excluding hydrogens is 1700 g/mol. The van der Waals surface area contributed by atoms with Gasteiger partial charge in [0.05, 0.1) is 99.0 Å². The van der Waals surface area contributed by atoms with Crippen LogP contribution in [0.25, 0.3) is 78.7 Å². The van der Waals surface area contributed by atoms with Crippen LogP contribution in [0.2, 0.25) is 15.1 Å². The molecule has 1 aliphatic rings. The van der Waals surface area contributed by atoms with Crippen LogP contribution < -0.4 is 24.8 Å². The maximum atomic E-state index is 15.4. The molecular formula is C93H72Cl3F3N22O7. The summed E-state index contributed by atoms with van der Waals surface area (Å²) >= 11 is 18.6. The number of hydrogen-bond acceptors (Lipinski definition) is 19. The van der Waals surface area contributed by atoms with Gasteiger partial charge in [-0.15, -0.1) is 15.3 Å². The van der Waals surface area contributed by atoms with Gasteiger partial charge in [0.1, 0.15) is 48.3 Å². The van der Waals surface area contributed by atoms with E-state index in [1.807, 2.05) is 104 Å². The minimum absolute atomic E-state index is 0.0889. The third-order valence-corrected chi connectivity index (χ3v) is 22.0. The van der Waals surface area contributed by atoms with E-state index in [2.05, 4.69) is 117 Å². The van der Waals surface area contributed by atoms with Crippen molar-refractivity contribution < 1.29 is 46.4 Å². The van der Waals surface area contributed by atoms with Crippen molar-refractivity contribution in [3.63, 3.8) is 0 Å². The van der Waals surface area contributed by atoms with Crippen molar-refractivity contribution in [1.29, 1.82) is 0 Å². The summed E-state index contributed by atoms with van der Waals surface area (Å²) in [6, 6.07) is 70.1. The quantitative estimate of drug-likeness (QED) is 0.0341. The Morgan fingerprint density at radius 2 is 0.875 bits per heavy atom. The number of aromatic amines is 2. The van der Waals surface area contributed by atoms with Crippen LogP contribution in [0, 0.1) is 40.0 Å². The molecule has 0 bridgehead atoms. The summed E-state index contributed by atoms with van der Waals surface area (Å²) in [7, 11) is 2.59. The number of pyridine rings is 3. The maximum absolute atomic E-state index is 15.4. The minimum Gasteiger partial charge on any atom is -0.618 e. The first-order chi connectivity index (χ1) is 62.3. The lowest BCUT2D eigenvalue weighted by molar-refractivity contribution is -0.614. The molecule has 0 aliphatic carbocycles. The number of nitrogens with one attached hydrogen (secondary N) is 4. The lowest BCUT2D eigenvalue weighted by atomic mass is 9.89. The number of carbonyl (C=O) groups is 2. The maximum Gasteiger partial charge on any atom is 0.411 e. The van der Waals surface area contributed by atoms with Crippen LogP contribution in [-0.2, 0) is 28.7 Å². The smallest absolute Gasteiger partial charge is 0.411 e. The van der Waals surface area contributed by atoms with E-state index in [1.165, 1.54) is 95.7 Å². The van der Waals surface area contributed by atoms with Gasteiger partial charge >= 0.3 is 12.2 Å². The van der Waals surface area contributed by atoms with Crippen molar-refractivity contribution in [3.05, 3.63) is 397 Å². The predicted molar refractivity (Wildman–Crippen MR) is 474 cm³/mol. The number of rotatable bonds is 23. The van der Waals surface area contributed by atoms with E-state index in [0.717, 1.165) is 70.4 Å². The van der Waals surface area contributed by atoms with Gasteiger partial charge in [0.25, 0.3) is 0 Å². The fourth-order valence-corrected chi connectivity index (χ4v) is 15.3. The molecule has 0 spiro atoms. The Morgan fingerprint density at radius 3 is 1.32 bits per heavy atom. The summed E-state index contributed by atoms with van der Waals surface area (Å²) in [4.78, 5) is 44.0. The van der Waals surface area contributed by atoms with Crippen molar-refractivity contribution >= 4 is 69.8 Å². The number of ether oxygens (including phenoxy) is 2. The average Bonchev–Trinajstić information content (AvgIpc) is 1.61. The van der Waals surface area contributed by atoms with E-state index in [9.17, 15) is 29.6 Å². The number of amides is 2. The molecule has 35 heteroatoms. The Kier molecular flexibility index (Phi) is 26.0. The van der Waals surface area contributed by atoms with E-state index >= 15 is 8.78 Å². The second-order valence-electron chi connectivity index (χ2n) is 29.3. The van der Waals surface area contributed by atoms with Gasteiger partial charge in [-0.2, -0.15) is 28.2 Å². The molecule has 0 saturated heterocycles. The molecule has 9 aromatic carbocycles. The number of aliphatic imine (C=N–C) groups is 1. The average molecular weight is 1770 g/mol. The lowest BCUT2D eigenvalue weighted by Crippen LogP contribution is -2.36. The van der Waals surface area contributed by atoms with E-state index in [0.29, 0.717) is 110 Å². The number of anilines is 2. The standard InChI is InChI=1S/2C31H24ClFN8O3.C31H24ClFN6O/c2*1-44-31(42)36-22-10-7-20(8-11-22)25-16-34-30(37-25)23(15-19-5-3-2-4-6-19)26-13-9-21(17-41(26)43)28-27(40-18-35-38-39-40)14-12-24(32)29(28)33;1-20-2-6-22(7-3-20)28-12-13-29(35-28)27(16-21-4-10-25(33)11-5-21)31-14-8-23(18-39(31)40)26-17-24(32)9-15-30(26)38-19-34-36-37-38/h2*2-14,16-18,23H,15H2,1H3,(H,34,37)(H,36,42);2-12,14-15,17-19,27H,13,16H2,1H3/t2*23-;/m10./s1. The molecule has 1 aliphatic heterocycles. The highest BCUT2D eigenvalue weighted by atomic mass is 35.5. The normalized spacial score (nSPS) is 12.3. The van der Waals surface area contributed by atoms with Crippen LogP contribution in [-0.4, -0.2) is 113 Å². The Labute approximate surface area is 742 Å². The number of H-pyrrole nitrogens is 2. The summed E-state index contributed by atoms with van der Waals surface area (Å²) in [6.07, 6.45) is 14.7. The van der Waals surface area contributed by atoms with Gasteiger partial charge in [-0.05, 0) is 188 Å². The SMILES string of the molecule is COC(=O)Nc1ccc(-c2cnc([C@@H](Cc3ccccc3)c3ccc(-c4c(-n5cnnn5)ccc(Cl)c4F)c[n+]3[O-])[nH]2)cc1.COC(=O)Nc1ccc(-c2cnc([C@H](Cc3ccccc3)c3ccc(-c4c(-n5cnnn5)ccc(Cl)c4F)c[n+]3[O-])[nH]2)cc1.Cc1ccc(C2=CCC(C(Cc3ccc(F)cc3)c3ccc(-c4cc(Cl)ccc4-n4cnnn4)c[n+]3[O-])=N2)cc1. The van der Waals surface area contributed by atoms with Gasteiger partial charge < -0.3 is 35.1 Å². The van der Waals surface area contributed by atoms with Crippen molar-refractivity contribution in [2.75, 3.05) is 24.9 Å². The lowest BCUT2D eigenvalue weighted by Gasteiger charge is -2.18. The van der Waals surface area contributed by atoms with Gasteiger partial charge in [-0.3, -0.25) is 15.6 Å². The molecule has 0 fully saturated rings. The van der Waals surface area contributed by atoms with Crippen LogP contribution >= 0.6 is 34.8 Å². The number of hydrogen-bond donors (Lipinski definition) is 4. The molecule has 0 saturated carbocycles. The number of aromatic nitrogens is 19. The van der Waals surface area contributed by atoms with Gasteiger partial charge in [0.2, 0.25) is 17.1 Å². The highest BCUT2D eigenvalue weighted by molar-refractivity contribution is 6.32. The van der Waals surface area contributed by atoms with E-state index in [4.69, 9.17) is 39.8 Å². The van der Waals surface area contributed by atoms with E-state index in [-0.39, 0.29) is 32.9 Å². The fraction of sp³-hybridized carbons (Fsp3) is 0.108.